The molecule has 0 bridgehead atoms. The maximum atomic E-state index is 11.6. The highest BCUT2D eigenvalue weighted by Gasteiger charge is 2.17. The van der Waals surface area contributed by atoms with Crippen molar-refractivity contribution in [3.05, 3.63) is 59.7 Å². The summed E-state index contributed by atoms with van der Waals surface area (Å²) in [5.74, 6) is 1.35. The minimum absolute atomic E-state index is 0.0833. The van der Waals surface area contributed by atoms with E-state index in [-0.39, 0.29) is 26.4 Å². The Labute approximate surface area is 197 Å². The van der Waals surface area contributed by atoms with Crippen LogP contribution in [0.25, 0.3) is 11.1 Å². The first-order chi connectivity index (χ1) is 16.0. The highest BCUT2D eigenvalue weighted by Crippen LogP contribution is 2.38. The predicted octanol–water partition coefficient (Wildman–Crippen LogP) is 5.83. The minimum Gasteiger partial charge on any atom is -0.487 e. The van der Waals surface area contributed by atoms with Crippen LogP contribution in [0.15, 0.2) is 48.6 Å². The van der Waals surface area contributed by atoms with E-state index in [1.807, 2.05) is 18.2 Å². The zero-order chi connectivity index (χ0) is 23.6. The van der Waals surface area contributed by atoms with Crippen LogP contribution in [-0.4, -0.2) is 37.5 Å². The second-order valence-corrected chi connectivity index (χ2v) is 8.60. The molecule has 0 unspecified atom stereocenters. The fourth-order valence-electron chi connectivity index (χ4n) is 4.35. The number of ether oxygens (including phenoxy) is 3. The highest BCUT2D eigenvalue weighted by molar-refractivity contribution is 5.86. The van der Waals surface area contributed by atoms with Gasteiger partial charge in [-0.15, -0.1) is 0 Å². The summed E-state index contributed by atoms with van der Waals surface area (Å²) in [6.45, 7) is 7.78. The first-order valence-electron chi connectivity index (χ1n) is 12.0. The number of rotatable bonds is 11. The molecule has 1 saturated carbocycles. The Hall–Kier alpha value is -2.79. The fraction of sp³-hybridized carbons (Fsp3) is 0.464. The zero-order valence-electron chi connectivity index (χ0n) is 19.9. The SMILES string of the molecule is C=C(C)C(=O)OCCOc1cc(-c2ccc(C3CCCCC3)cc2CC)ccc1OCCO. The molecule has 0 saturated heterocycles. The molecule has 178 valence electrons. The number of carbonyl (C=O) groups is 1. The van der Waals surface area contributed by atoms with Crippen LogP contribution in [0.5, 0.6) is 11.5 Å². The summed E-state index contributed by atoms with van der Waals surface area (Å²) in [5.41, 5.74) is 5.36. The van der Waals surface area contributed by atoms with Crippen molar-refractivity contribution < 1.29 is 24.1 Å². The average Bonchev–Trinajstić information content (AvgIpc) is 2.85. The van der Waals surface area contributed by atoms with Gasteiger partial charge in [0.15, 0.2) is 11.5 Å². The van der Waals surface area contributed by atoms with Crippen molar-refractivity contribution in [3.63, 3.8) is 0 Å². The molecule has 0 spiro atoms. The Bertz CT molecular complexity index is 943. The van der Waals surface area contributed by atoms with Crippen LogP contribution < -0.4 is 9.47 Å². The molecule has 2 aromatic carbocycles. The van der Waals surface area contributed by atoms with Gasteiger partial charge in [-0.3, -0.25) is 0 Å². The van der Waals surface area contributed by atoms with Gasteiger partial charge < -0.3 is 19.3 Å². The predicted molar refractivity (Wildman–Crippen MR) is 131 cm³/mol. The van der Waals surface area contributed by atoms with E-state index in [9.17, 15) is 4.79 Å². The van der Waals surface area contributed by atoms with E-state index < -0.39 is 5.97 Å². The molecular formula is C28H36O5. The van der Waals surface area contributed by atoms with Gasteiger partial charge in [0.1, 0.15) is 19.8 Å². The van der Waals surface area contributed by atoms with Crippen molar-refractivity contribution in [2.45, 2.75) is 58.3 Å². The maximum Gasteiger partial charge on any atom is 0.333 e. The Balaban J connectivity index is 1.80. The number of aliphatic hydroxyl groups excluding tert-OH is 1. The van der Waals surface area contributed by atoms with Gasteiger partial charge in [0.2, 0.25) is 0 Å². The second kappa shape index (κ2) is 12.4. The number of aryl methyl sites for hydroxylation is 1. The van der Waals surface area contributed by atoms with Crippen LogP contribution in [0.2, 0.25) is 0 Å². The van der Waals surface area contributed by atoms with E-state index >= 15 is 0 Å². The lowest BCUT2D eigenvalue weighted by Gasteiger charge is -2.23. The first kappa shape index (κ1) is 24.8. The number of aliphatic hydroxyl groups is 1. The van der Waals surface area contributed by atoms with Crippen LogP contribution in [0.4, 0.5) is 0 Å². The van der Waals surface area contributed by atoms with Crippen LogP contribution >= 0.6 is 0 Å². The number of hydrogen-bond acceptors (Lipinski definition) is 5. The van der Waals surface area contributed by atoms with Gasteiger partial charge in [-0.2, -0.15) is 0 Å². The maximum absolute atomic E-state index is 11.6. The summed E-state index contributed by atoms with van der Waals surface area (Å²) < 4.78 is 16.7. The molecule has 2 aromatic rings. The van der Waals surface area contributed by atoms with Crippen LogP contribution in [-0.2, 0) is 16.0 Å². The lowest BCUT2D eigenvalue weighted by atomic mass is 9.82. The lowest BCUT2D eigenvalue weighted by Crippen LogP contribution is -2.13. The quantitative estimate of drug-likeness (QED) is 0.264. The molecule has 0 heterocycles. The van der Waals surface area contributed by atoms with E-state index in [1.165, 1.54) is 48.8 Å². The molecule has 0 amide bonds. The zero-order valence-corrected chi connectivity index (χ0v) is 19.9. The van der Waals surface area contributed by atoms with Gasteiger partial charge in [0.25, 0.3) is 0 Å². The van der Waals surface area contributed by atoms with E-state index in [0.29, 0.717) is 23.0 Å². The van der Waals surface area contributed by atoms with Gasteiger partial charge in [0.05, 0.1) is 6.61 Å². The van der Waals surface area contributed by atoms with E-state index in [2.05, 4.69) is 31.7 Å². The molecule has 1 N–H and O–H groups in total. The summed E-state index contributed by atoms with van der Waals surface area (Å²) in [7, 11) is 0. The molecule has 0 aromatic heterocycles. The number of benzene rings is 2. The van der Waals surface area contributed by atoms with Crippen LogP contribution in [0, 0.1) is 0 Å². The summed E-state index contributed by atoms with van der Waals surface area (Å²) in [4.78, 5) is 11.6. The number of hydrogen-bond donors (Lipinski definition) is 1. The van der Waals surface area contributed by atoms with Crippen molar-refractivity contribution in [1.29, 1.82) is 0 Å². The molecule has 0 radical (unpaired) electrons. The Morgan fingerprint density at radius 1 is 1.00 bits per heavy atom. The molecule has 5 nitrogen and oxygen atoms in total. The van der Waals surface area contributed by atoms with Crippen molar-refractivity contribution in [2.75, 3.05) is 26.4 Å². The van der Waals surface area contributed by atoms with Gasteiger partial charge in [-0.25, -0.2) is 4.79 Å². The Morgan fingerprint density at radius 3 is 2.45 bits per heavy atom. The van der Waals surface area contributed by atoms with Crippen molar-refractivity contribution in [3.8, 4) is 22.6 Å². The fourth-order valence-corrected chi connectivity index (χ4v) is 4.35. The standard InChI is InChI=1S/C28H36O5/c1-4-21-18-23(22-8-6-5-7-9-22)10-12-25(21)24-11-13-26(31-15-14-29)27(19-24)32-16-17-33-28(30)20(2)3/h10-13,18-19,22,29H,2,4-9,14-17H2,1,3H3. The molecule has 0 aliphatic heterocycles. The first-order valence-corrected chi connectivity index (χ1v) is 12.0. The van der Waals surface area contributed by atoms with Crippen LogP contribution in [0.3, 0.4) is 0 Å². The summed E-state index contributed by atoms with van der Waals surface area (Å²) in [6.07, 6.45) is 7.53. The Kier molecular flexibility index (Phi) is 9.37. The molecular weight excluding hydrogens is 416 g/mol. The average molecular weight is 453 g/mol. The van der Waals surface area contributed by atoms with E-state index in [1.54, 1.807) is 6.92 Å². The topological polar surface area (TPSA) is 65.0 Å². The van der Waals surface area contributed by atoms with Crippen molar-refractivity contribution in [1.82, 2.24) is 0 Å². The molecule has 0 atom stereocenters. The van der Waals surface area contributed by atoms with Gasteiger partial charge in [-0.05, 0) is 66.5 Å². The highest BCUT2D eigenvalue weighted by atomic mass is 16.6. The van der Waals surface area contributed by atoms with Crippen molar-refractivity contribution >= 4 is 5.97 Å². The smallest absolute Gasteiger partial charge is 0.333 e. The molecule has 5 heteroatoms. The third-order valence-corrected chi connectivity index (χ3v) is 6.11. The third kappa shape index (κ3) is 6.84. The van der Waals surface area contributed by atoms with Crippen molar-refractivity contribution in [2.24, 2.45) is 0 Å². The Morgan fingerprint density at radius 2 is 1.76 bits per heavy atom. The minimum atomic E-state index is -0.435. The third-order valence-electron chi connectivity index (χ3n) is 6.11. The molecule has 1 fully saturated rings. The second-order valence-electron chi connectivity index (χ2n) is 8.60. The largest absolute Gasteiger partial charge is 0.487 e. The monoisotopic (exact) mass is 452 g/mol. The molecule has 3 rings (SSSR count). The normalized spacial score (nSPS) is 14.0. The van der Waals surface area contributed by atoms with E-state index in [0.717, 1.165) is 12.0 Å². The molecule has 1 aliphatic rings. The number of carbonyl (C=O) groups excluding carboxylic acids is 1. The molecule has 1 aliphatic carbocycles. The van der Waals surface area contributed by atoms with Gasteiger partial charge in [-0.1, -0.05) is 57.0 Å². The summed E-state index contributed by atoms with van der Waals surface area (Å²) in [6, 6.07) is 12.7. The molecule has 33 heavy (non-hydrogen) atoms. The number of esters is 1. The van der Waals surface area contributed by atoms with Crippen LogP contribution in [0.1, 0.15) is 63.0 Å². The van der Waals surface area contributed by atoms with Gasteiger partial charge >= 0.3 is 5.97 Å². The summed E-state index contributed by atoms with van der Waals surface area (Å²) >= 11 is 0. The van der Waals surface area contributed by atoms with Gasteiger partial charge in [0, 0.05) is 5.57 Å². The van der Waals surface area contributed by atoms with E-state index in [4.69, 9.17) is 19.3 Å². The lowest BCUT2D eigenvalue weighted by molar-refractivity contribution is -0.139. The summed E-state index contributed by atoms with van der Waals surface area (Å²) in [5, 5.41) is 9.15.